The van der Waals surface area contributed by atoms with Crippen molar-refractivity contribution >= 4 is 17.6 Å². The van der Waals surface area contributed by atoms with Gasteiger partial charge in [-0.25, -0.2) is 0 Å². The van der Waals surface area contributed by atoms with Crippen molar-refractivity contribution in [1.29, 1.82) is 0 Å². The van der Waals surface area contributed by atoms with E-state index >= 15 is 0 Å². The first-order valence-electron chi connectivity index (χ1n) is 8.79. The molecule has 8 heteroatoms. The molecule has 0 aliphatic heterocycles. The van der Waals surface area contributed by atoms with E-state index in [-0.39, 0.29) is 24.6 Å². The fourth-order valence-corrected chi connectivity index (χ4v) is 2.42. The van der Waals surface area contributed by atoms with Gasteiger partial charge in [0.05, 0.1) is 12.1 Å². The number of nitrogens with zero attached hydrogens (tertiary/aromatic N) is 1. The second-order valence-corrected chi connectivity index (χ2v) is 6.50. The predicted molar refractivity (Wildman–Crippen MR) is 104 cm³/mol. The van der Waals surface area contributed by atoms with E-state index in [1.165, 1.54) is 5.56 Å². The van der Waals surface area contributed by atoms with E-state index in [0.29, 0.717) is 5.92 Å². The number of guanidine groups is 1. The number of anilines is 1. The molecular formula is C20H23F3N4O. The lowest BCUT2D eigenvalue weighted by Gasteiger charge is -2.10. The highest BCUT2D eigenvalue weighted by molar-refractivity contribution is 5.94. The van der Waals surface area contributed by atoms with Crippen LogP contribution < -0.4 is 16.4 Å². The Bertz CT molecular complexity index is 830. The van der Waals surface area contributed by atoms with Gasteiger partial charge < -0.3 is 16.4 Å². The first kappa shape index (κ1) is 21.3. The fraction of sp³-hybridized carbons (Fsp3) is 0.300. The van der Waals surface area contributed by atoms with Crippen LogP contribution in [0.3, 0.4) is 0 Å². The van der Waals surface area contributed by atoms with E-state index < -0.39 is 17.6 Å². The Balaban J connectivity index is 1.82. The van der Waals surface area contributed by atoms with Gasteiger partial charge >= 0.3 is 6.18 Å². The quantitative estimate of drug-likeness (QED) is 0.395. The van der Waals surface area contributed by atoms with Crippen LogP contribution in [0.4, 0.5) is 18.9 Å². The Hall–Kier alpha value is -3.03. The molecule has 0 bridgehead atoms. The average Bonchev–Trinajstić information content (AvgIpc) is 2.64. The van der Waals surface area contributed by atoms with Crippen LogP contribution in [0.2, 0.25) is 0 Å². The van der Waals surface area contributed by atoms with Crippen molar-refractivity contribution < 1.29 is 18.0 Å². The number of nitrogens with two attached hydrogens (primary N) is 1. The number of alkyl halides is 3. The Kier molecular flexibility index (Phi) is 7.03. The SMILES string of the molecule is CC(C)c1cccc(NC(N)=NCCNC(=O)c2ccc(C(F)(F)F)cc2)c1. The second-order valence-electron chi connectivity index (χ2n) is 6.50. The van der Waals surface area contributed by atoms with Gasteiger partial charge in [0.15, 0.2) is 5.96 Å². The first-order chi connectivity index (χ1) is 13.2. The smallest absolute Gasteiger partial charge is 0.370 e. The molecule has 0 aliphatic rings. The summed E-state index contributed by atoms with van der Waals surface area (Å²) >= 11 is 0. The normalized spacial score (nSPS) is 12.1. The number of benzene rings is 2. The van der Waals surface area contributed by atoms with Gasteiger partial charge in [0.1, 0.15) is 0 Å². The van der Waals surface area contributed by atoms with E-state index in [9.17, 15) is 18.0 Å². The van der Waals surface area contributed by atoms with Crippen LogP contribution in [0.25, 0.3) is 0 Å². The first-order valence-corrected chi connectivity index (χ1v) is 8.79. The van der Waals surface area contributed by atoms with Crippen LogP contribution in [0, 0.1) is 0 Å². The lowest BCUT2D eigenvalue weighted by Crippen LogP contribution is -2.28. The number of amides is 1. The van der Waals surface area contributed by atoms with Crippen molar-refractivity contribution in [2.45, 2.75) is 25.9 Å². The van der Waals surface area contributed by atoms with Gasteiger partial charge in [-0.3, -0.25) is 9.79 Å². The maximum atomic E-state index is 12.5. The van der Waals surface area contributed by atoms with Crippen molar-refractivity contribution in [2.75, 3.05) is 18.4 Å². The average molecular weight is 392 g/mol. The zero-order valence-corrected chi connectivity index (χ0v) is 15.7. The molecule has 1 amide bonds. The van der Waals surface area contributed by atoms with Gasteiger partial charge in [0, 0.05) is 17.8 Å². The highest BCUT2D eigenvalue weighted by Crippen LogP contribution is 2.29. The molecule has 0 aliphatic carbocycles. The lowest BCUT2D eigenvalue weighted by molar-refractivity contribution is -0.137. The van der Waals surface area contributed by atoms with E-state index in [2.05, 4.69) is 29.5 Å². The molecular weight excluding hydrogens is 369 g/mol. The zero-order valence-electron chi connectivity index (χ0n) is 15.7. The molecule has 0 spiro atoms. The molecule has 0 radical (unpaired) electrons. The monoisotopic (exact) mass is 392 g/mol. The summed E-state index contributed by atoms with van der Waals surface area (Å²) in [6, 6.07) is 11.8. The number of rotatable bonds is 6. The molecule has 0 saturated carbocycles. The highest BCUT2D eigenvalue weighted by Gasteiger charge is 2.30. The van der Waals surface area contributed by atoms with Gasteiger partial charge in [-0.2, -0.15) is 13.2 Å². The van der Waals surface area contributed by atoms with E-state index in [0.717, 1.165) is 30.0 Å². The molecule has 5 nitrogen and oxygen atoms in total. The van der Waals surface area contributed by atoms with Crippen LogP contribution >= 0.6 is 0 Å². The number of halogens is 3. The van der Waals surface area contributed by atoms with Crippen molar-refractivity contribution in [3.05, 3.63) is 65.2 Å². The van der Waals surface area contributed by atoms with E-state index in [1.807, 2.05) is 24.3 Å². The Morgan fingerprint density at radius 2 is 1.82 bits per heavy atom. The van der Waals surface area contributed by atoms with Gasteiger partial charge in [-0.15, -0.1) is 0 Å². The predicted octanol–water partition coefficient (Wildman–Crippen LogP) is 3.99. The lowest BCUT2D eigenvalue weighted by atomic mass is 10.0. The van der Waals surface area contributed by atoms with Crippen LogP contribution in [-0.4, -0.2) is 25.0 Å². The molecule has 28 heavy (non-hydrogen) atoms. The van der Waals surface area contributed by atoms with Gasteiger partial charge in [0.2, 0.25) is 0 Å². The number of carbonyl (C=O) groups is 1. The third-order valence-corrected chi connectivity index (χ3v) is 3.98. The van der Waals surface area contributed by atoms with Crippen LogP contribution in [0.15, 0.2) is 53.5 Å². The summed E-state index contributed by atoms with van der Waals surface area (Å²) in [6.45, 7) is 4.62. The zero-order chi connectivity index (χ0) is 20.7. The number of carbonyl (C=O) groups excluding carboxylic acids is 1. The van der Waals surface area contributed by atoms with Crippen molar-refractivity contribution in [3.63, 3.8) is 0 Å². The molecule has 0 atom stereocenters. The Labute approximate surface area is 161 Å². The molecule has 2 aromatic rings. The molecule has 150 valence electrons. The van der Waals surface area contributed by atoms with Gasteiger partial charge in [-0.05, 0) is 47.9 Å². The van der Waals surface area contributed by atoms with Crippen molar-refractivity contribution in [1.82, 2.24) is 5.32 Å². The summed E-state index contributed by atoms with van der Waals surface area (Å²) in [5.74, 6) is 0.130. The maximum Gasteiger partial charge on any atom is 0.416 e. The molecule has 0 aromatic heterocycles. The summed E-state index contributed by atoms with van der Waals surface area (Å²) in [5, 5.41) is 5.58. The van der Waals surface area contributed by atoms with Crippen molar-refractivity contribution in [2.24, 2.45) is 10.7 Å². The second kappa shape index (κ2) is 9.25. The molecule has 0 unspecified atom stereocenters. The standard InChI is InChI=1S/C20H23F3N4O/c1-13(2)15-4-3-5-17(12-15)27-19(24)26-11-10-25-18(28)14-6-8-16(9-7-14)20(21,22)23/h3-9,12-13H,10-11H2,1-2H3,(H,25,28)(H3,24,26,27). The molecule has 0 saturated heterocycles. The number of aliphatic imine (C=N–C) groups is 1. The summed E-state index contributed by atoms with van der Waals surface area (Å²) in [6.07, 6.45) is -4.43. The molecule has 0 fully saturated rings. The van der Waals surface area contributed by atoms with Crippen LogP contribution in [-0.2, 0) is 6.18 Å². The highest BCUT2D eigenvalue weighted by atomic mass is 19.4. The van der Waals surface area contributed by atoms with Crippen LogP contribution in [0.5, 0.6) is 0 Å². The largest absolute Gasteiger partial charge is 0.416 e. The topological polar surface area (TPSA) is 79.5 Å². The van der Waals surface area contributed by atoms with Crippen molar-refractivity contribution in [3.8, 4) is 0 Å². The molecule has 2 aromatic carbocycles. The summed E-state index contributed by atoms with van der Waals surface area (Å²) in [4.78, 5) is 16.1. The van der Waals surface area contributed by atoms with Gasteiger partial charge in [0.25, 0.3) is 5.91 Å². The summed E-state index contributed by atoms with van der Waals surface area (Å²) in [7, 11) is 0. The molecule has 4 N–H and O–H groups in total. The molecule has 2 rings (SSSR count). The summed E-state index contributed by atoms with van der Waals surface area (Å²) < 4.78 is 37.6. The minimum atomic E-state index is -4.43. The summed E-state index contributed by atoms with van der Waals surface area (Å²) in [5.41, 5.74) is 7.18. The Morgan fingerprint density at radius 1 is 1.14 bits per heavy atom. The van der Waals surface area contributed by atoms with E-state index in [1.54, 1.807) is 0 Å². The fourth-order valence-electron chi connectivity index (χ4n) is 2.42. The van der Waals surface area contributed by atoms with Crippen LogP contribution in [0.1, 0.15) is 41.3 Å². The number of hydrogen-bond acceptors (Lipinski definition) is 2. The number of nitrogens with one attached hydrogen (secondary N) is 2. The minimum absolute atomic E-state index is 0.147. The Morgan fingerprint density at radius 3 is 2.43 bits per heavy atom. The van der Waals surface area contributed by atoms with E-state index in [4.69, 9.17) is 5.73 Å². The minimum Gasteiger partial charge on any atom is -0.370 e. The molecule has 0 heterocycles. The third kappa shape index (κ3) is 6.29. The third-order valence-electron chi connectivity index (χ3n) is 3.98. The maximum absolute atomic E-state index is 12.5. The van der Waals surface area contributed by atoms with Gasteiger partial charge in [-0.1, -0.05) is 26.0 Å². The number of hydrogen-bond donors (Lipinski definition) is 3.